The maximum atomic E-state index is 5.84. The van der Waals surface area contributed by atoms with Gasteiger partial charge in [0.1, 0.15) is 11.5 Å². The third kappa shape index (κ3) is 3.83. The van der Waals surface area contributed by atoms with Gasteiger partial charge in [-0.1, -0.05) is 60.7 Å². The summed E-state index contributed by atoms with van der Waals surface area (Å²) in [6.07, 6.45) is 0. The van der Waals surface area contributed by atoms with E-state index in [-0.39, 0.29) is 6.04 Å². The topological polar surface area (TPSA) is 64.1 Å². The van der Waals surface area contributed by atoms with E-state index >= 15 is 0 Å². The molecule has 0 spiro atoms. The molecule has 0 aliphatic carbocycles. The lowest BCUT2D eigenvalue weighted by Crippen LogP contribution is -2.22. The van der Waals surface area contributed by atoms with Crippen molar-refractivity contribution in [2.45, 2.75) is 26.4 Å². The fourth-order valence-corrected chi connectivity index (χ4v) is 3.19. The van der Waals surface area contributed by atoms with Crippen molar-refractivity contribution < 1.29 is 8.83 Å². The Hall–Kier alpha value is -3.18. The molecule has 2 aromatic heterocycles. The minimum Gasteiger partial charge on any atom is -0.466 e. The molecular weight excluding hydrogens is 338 g/mol. The summed E-state index contributed by atoms with van der Waals surface area (Å²) in [5.74, 6) is 2.63. The van der Waals surface area contributed by atoms with E-state index in [1.807, 2.05) is 56.3 Å². The summed E-state index contributed by atoms with van der Waals surface area (Å²) < 4.78 is 11.4. The highest BCUT2D eigenvalue weighted by Gasteiger charge is 2.17. The van der Waals surface area contributed by atoms with Crippen LogP contribution in [0.15, 0.2) is 75.6 Å². The zero-order valence-electron chi connectivity index (χ0n) is 15.3. The number of hydrogen-bond donors (Lipinski definition) is 1. The first-order valence-electron chi connectivity index (χ1n) is 8.94. The van der Waals surface area contributed by atoms with Crippen LogP contribution in [-0.4, -0.2) is 10.2 Å². The highest BCUT2D eigenvalue weighted by atomic mass is 16.4. The van der Waals surface area contributed by atoms with Crippen LogP contribution in [0, 0.1) is 13.8 Å². The van der Waals surface area contributed by atoms with Gasteiger partial charge in [0, 0.05) is 0 Å². The number of aryl methyl sites for hydroxylation is 2. The molecule has 0 saturated carbocycles. The largest absolute Gasteiger partial charge is 0.466 e. The molecule has 0 bridgehead atoms. The Bertz CT molecular complexity index is 967. The molecule has 5 heteroatoms. The molecule has 0 aliphatic rings. The van der Waals surface area contributed by atoms with E-state index in [0.29, 0.717) is 18.3 Å². The van der Waals surface area contributed by atoms with Gasteiger partial charge in [-0.25, -0.2) is 0 Å². The smallest absolute Gasteiger partial charge is 0.251 e. The highest BCUT2D eigenvalue weighted by Crippen LogP contribution is 2.26. The number of furan rings is 1. The van der Waals surface area contributed by atoms with Crippen LogP contribution in [0.5, 0.6) is 0 Å². The molecule has 0 saturated heterocycles. The van der Waals surface area contributed by atoms with E-state index in [9.17, 15) is 0 Å². The van der Waals surface area contributed by atoms with Crippen LogP contribution in [0.4, 0.5) is 0 Å². The minimum atomic E-state index is 0.0423. The Morgan fingerprint density at radius 3 is 2.04 bits per heavy atom. The van der Waals surface area contributed by atoms with Crippen LogP contribution >= 0.6 is 0 Å². The summed E-state index contributed by atoms with van der Waals surface area (Å²) in [4.78, 5) is 0. The number of rotatable bonds is 6. The molecule has 0 aliphatic heterocycles. The first-order chi connectivity index (χ1) is 13.2. The van der Waals surface area contributed by atoms with Crippen molar-refractivity contribution in [1.29, 1.82) is 0 Å². The number of nitrogens with one attached hydrogen (secondary N) is 1. The molecule has 2 heterocycles. The number of nitrogens with zero attached hydrogens (tertiary/aromatic N) is 2. The SMILES string of the molecule is Cc1cc(-c2nnc(CNC(c3ccccc3)c3ccccc3)o2)c(C)o1. The van der Waals surface area contributed by atoms with Crippen LogP contribution in [0.2, 0.25) is 0 Å². The summed E-state index contributed by atoms with van der Waals surface area (Å²) in [6.45, 7) is 4.27. The lowest BCUT2D eigenvalue weighted by atomic mass is 9.99. The number of hydrogen-bond acceptors (Lipinski definition) is 5. The van der Waals surface area contributed by atoms with E-state index < -0.39 is 0 Å². The maximum absolute atomic E-state index is 5.84. The van der Waals surface area contributed by atoms with E-state index in [4.69, 9.17) is 8.83 Å². The molecule has 2 aromatic carbocycles. The fourth-order valence-electron chi connectivity index (χ4n) is 3.19. The predicted molar refractivity (Wildman–Crippen MR) is 103 cm³/mol. The Morgan fingerprint density at radius 2 is 1.48 bits per heavy atom. The molecule has 0 atom stereocenters. The second kappa shape index (κ2) is 7.60. The molecule has 0 fully saturated rings. The summed E-state index contributed by atoms with van der Waals surface area (Å²) in [7, 11) is 0. The van der Waals surface area contributed by atoms with Gasteiger partial charge in [-0.2, -0.15) is 0 Å². The fraction of sp³-hybridized carbons (Fsp3) is 0.182. The molecule has 1 N–H and O–H groups in total. The minimum absolute atomic E-state index is 0.0423. The van der Waals surface area contributed by atoms with Crippen molar-refractivity contribution >= 4 is 0 Å². The predicted octanol–water partition coefficient (Wildman–Crippen LogP) is 4.83. The lowest BCUT2D eigenvalue weighted by Gasteiger charge is -2.18. The van der Waals surface area contributed by atoms with Crippen molar-refractivity contribution in [2.24, 2.45) is 0 Å². The van der Waals surface area contributed by atoms with Gasteiger partial charge in [-0.15, -0.1) is 10.2 Å². The molecule has 0 unspecified atom stereocenters. The lowest BCUT2D eigenvalue weighted by molar-refractivity contribution is 0.460. The third-order valence-corrected chi connectivity index (χ3v) is 4.46. The Balaban J connectivity index is 1.54. The van der Waals surface area contributed by atoms with Crippen LogP contribution in [-0.2, 0) is 6.54 Å². The third-order valence-electron chi connectivity index (χ3n) is 4.46. The van der Waals surface area contributed by atoms with Gasteiger partial charge in [0.2, 0.25) is 5.89 Å². The Kier molecular flexibility index (Phi) is 4.85. The van der Waals surface area contributed by atoms with Crippen molar-refractivity contribution in [3.8, 4) is 11.5 Å². The second-order valence-electron chi connectivity index (χ2n) is 6.46. The van der Waals surface area contributed by atoms with Gasteiger partial charge in [0.25, 0.3) is 5.89 Å². The van der Waals surface area contributed by atoms with Crippen LogP contribution in [0.25, 0.3) is 11.5 Å². The first-order valence-corrected chi connectivity index (χ1v) is 8.94. The van der Waals surface area contributed by atoms with Crippen LogP contribution in [0.3, 0.4) is 0 Å². The molecule has 27 heavy (non-hydrogen) atoms. The quantitative estimate of drug-likeness (QED) is 0.534. The maximum Gasteiger partial charge on any atom is 0.251 e. The number of aromatic nitrogens is 2. The summed E-state index contributed by atoms with van der Waals surface area (Å²) in [5, 5.41) is 11.9. The summed E-state index contributed by atoms with van der Waals surface area (Å²) in [6, 6.07) is 22.6. The van der Waals surface area contributed by atoms with Crippen molar-refractivity contribution in [3.05, 3.63) is 95.3 Å². The van der Waals surface area contributed by atoms with Crippen LogP contribution < -0.4 is 5.32 Å². The normalized spacial score (nSPS) is 11.2. The second-order valence-corrected chi connectivity index (χ2v) is 6.46. The van der Waals surface area contributed by atoms with Crippen LogP contribution in [0.1, 0.15) is 34.6 Å². The van der Waals surface area contributed by atoms with Gasteiger partial charge in [-0.3, -0.25) is 5.32 Å². The van der Waals surface area contributed by atoms with Crippen molar-refractivity contribution in [3.63, 3.8) is 0 Å². The van der Waals surface area contributed by atoms with E-state index in [2.05, 4.69) is 39.8 Å². The Labute approximate surface area is 158 Å². The molecule has 4 aromatic rings. The molecule has 0 radical (unpaired) electrons. The molecule has 4 rings (SSSR count). The van der Waals surface area contributed by atoms with Crippen molar-refractivity contribution in [1.82, 2.24) is 15.5 Å². The molecule has 5 nitrogen and oxygen atoms in total. The Morgan fingerprint density at radius 1 is 0.852 bits per heavy atom. The van der Waals surface area contributed by atoms with Gasteiger partial charge >= 0.3 is 0 Å². The molecule has 0 amide bonds. The van der Waals surface area contributed by atoms with Gasteiger partial charge < -0.3 is 8.83 Å². The van der Waals surface area contributed by atoms with Gasteiger partial charge in [0.05, 0.1) is 18.2 Å². The standard InChI is InChI=1S/C22H21N3O2/c1-15-13-19(16(2)26-15)22-25-24-20(27-22)14-23-21(17-9-5-3-6-10-17)18-11-7-4-8-12-18/h3-13,21,23H,14H2,1-2H3. The van der Waals surface area contributed by atoms with Gasteiger partial charge in [-0.05, 0) is 31.0 Å². The zero-order valence-corrected chi connectivity index (χ0v) is 15.3. The first kappa shape index (κ1) is 17.2. The molecular formula is C22H21N3O2. The average Bonchev–Trinajstić information content (AvgIpc) is 3.29. The molecule has 136 valence electrons. The average molecular weight is 359 g/mol. The highest BCUT2D eigenvalue weighted by molar-refractivity contribution is 5.55. The van der Waals surface area contributed by atoms with E-state index in [1.165, 1.54) is 11.1 Å². The number of benzene rings is 2. The monoisotopic (exact) mass is 359 g/mol. The summed E-state index contributed by atoms with van der Waals surface area (Å²) >= 11 is 0. The van der Waals surface area contributed by atoms with Gasteiger partial charge in [0.15, 0.2) is 0 Å². The zero-order chi connectivity index (χ0) is 18.6. The van der Waals surface area contributed by atoms with E-state index in [0.717, 1.165) is 17.1 Å². The summed E-state index contributed by atoms with van der Waals surface area (Å²) in [5.41, 5.74) is 3.21. The van der Waals surface area contributed by atoms with E-state index in [1.54, 1.807) is 0 Å². The van der Waals surface area contributed by atoms with Crippen molar-refractivity contribution in [2.75, 3.05) is 0 Å².